The van der Waals surface area contributed by atoms with Crippen LogP contribution in [0.2, 0.25) is 0 Å². The highest BCUT2D eigenvalue weighted by Crippen LogP contribution is 2.28. The van der Waals surface area contributed by atoms with Crippen LogP contribution in [0.5, 0.6) is 11.5 Å². The van der Waals surface area contributed by atoms with Gasteiger partial charge in [-0.25, -0.2) is 13.2 Å². The fourth-order valence-electron chi connectivity index (χ4n) is 5.01. The Morgan fingerprint density at radius 2 is 1.24 bits per heavy atom. The number of hydrogen-bond acceptors (Lipinski definition) is 6. The molecule has 1 unspecified atom stereocenters. The van der Waals surface area contributed by atoms with Crippen LogP contribution in [0.25, 0.3) is 0 Å². The van der Waals surface area contributed by atoms with Crippen molar-refractivity contribution in [3.05, 3.63) is 144 Å². The maximum atomic E-state index is 14.2. The van der Waals surface area contributed by atoms with Gasteiger partial charge in [0.25, 0.3) is 0 Å². The minimum atomic E-state index is -3.99. The van der Waals surface area contributed by atoms with E-state index in [9.17, 15) is 18.3 Å². The van der Waals surface area contributed by atoms with Crippen molar-refractivity contribution in [2.24, 2.45) is 4.99 Å². The lowest BCUT2D eigenvalue weighted by Crippen LogP contribution is -2.42. The summed E-state index contributed by atoms with van der Waals surface area (Å²) in [4.78, 5) is 18.1. The fraction of sp³-hybridized carbons (Fsp3) is 0.243. The summed E-state index contributed by atoms with van der Waals surface area (Å²) in [5.74, 6) is -0.297. The number of ether oxygens (including phenoxy) is 2. The first-order valence-corrected chi connectivity index (χ1v) is 16.6. The average molecular weight is 641 g/mol. The van der Waals surface area contributed by atoms with Crippen LogP contribution in [0.4, 0.5) is 0 Å². The first-order valence-electron chi connectivity index (χ1n) is 15.0. The van der Waals surface area contributed by atoms with Gasteiger partial charge in [-0.05, 0) is 48.7 Å². The zero-order chi connectivity index (χ0) is 33.0. The quantitative estimate of drug-likeness (QED) is 0.107. The zero-order valence-corrected chi connectivity index (χ0v) is 27.2. The number of rotatable bonds is 16. The molecule has 0 radical (unpaired) electrons. The van der Waals surface area contributed by atoms with E-state index >= 15 is 0 Å². The highest BCUT2D eigenvalue weighted by Gasteiger charge is 2.40. The minimum absolute atomic E-state index is 0.0223. The van der Waals surface area contributed by atoms with Crippen LogP contribution in [0.15, 0.2) is 126 Å². The number of aliphatic imine (C=N–C) groups is 1. The maximum absolute atomic E-state index is 14.2. The second-order valence-electron chi connectivity index (χ2n) is 10.8. The standard InChI is InChI=1S/C37H40N2O6S/c1-4-5-24-37(36(40)41,38-35(31-12-8-6-9-13-31)32-14-10-7-11-15-32)25-26-46(42,43)39(27-29-16-20-33(44-2)21-17-29)28-30-18-22-34(45-3)23-19-30/h4-23H,24-28H2,1-3H3,(H,40,41)/b5-4+. The molecule has 9 heteroatoms. The Kier molecular flexibility index (Phi) is 11.9. The molecule has 8 nitrogen and oxygen atoms in total. The summed E-state index contributed by atoms with van der Waals surface area (Å²) < 4.78 is 40.3. The SMILES string of the molecule is C/C=C/CC(CCS(=O)(=O)N(Cc1ccc(OC)cc1)Cc1ccc(OC)cc1)(N=C(c1ccccc1)c1ccccc1)C(=O)O. The molecular formula is C37H40N2O6S. The molecule has 0 fully saturated rings. The summed E-state index contributed by atoms with van der Waals surface area (Å²) in [6.45, 7) is 1.99. The molecule has 0 saturated carbocycles. The molecule has 240 valence electrons. The van der Waals surface area contributed by atoms with Crippen LogP contribution in [0.1, 0.15) is 42.0 Å². The smallest absolute Gasteiger partial charge is 0.331 e. The Bertz CT molecular complexity index is 1630. The Balaban J connectivity index is 1.74. The van der Waals surface area contributed by atoms with Crippen LogP contribution < -0.4 is 9.47 Å². The third-order valence-corrected chi connectivity index (χ3v) is 9.48. The van der Waals surface area contributed by atoms with Crippen molar-refractivity contribution in [2.45, 2.75) is 38.4 Å². The van der Waals surface area contributed by atoms with Gasteiger partial charge >= 0.3 is 5.97 Å². The molecule has 0 spiro atoms. The van der Waals surface area contributed by atoms with E-state index in [1.807, 2.05) is 84.9 Å². The van der Waals surface area contributed by atoms with Crippen molar-refractivity contribution in [1.82, 2.24) is 4.31 Å². The van der Waals surface area contributed by atoms with Crippen molar-refractivity contribution < 1.29 is 27.8 Å². The Hall–Kier alpha value is -4.73. The third-order valence-electron chi connectivity index (χ3n) is 7.71. The normalized spacial score (nSPS) is 12.9. The van der Waals surface area contributed by atoms with Gasteiger partial charge in [-0.2, -0.15) is 4.31 Å². The van der Waals surface area contributed by atoms with Gasteiger partial charge in [0.05, 0.1) is 25.7 Å². The summed E-state index contributed by atoms with van der Waals surface area (Å²) in [5.41, 5.74) is 1.76. The number of sulfonamides is 1. The van der Waals surface area contributed by atoms with Gasteiger partial charge < -0.3 is 14.6 Å². The molecule has 0 aliphatic rings. The Labute approximate surface area is 271 Å². The molecule has 0 saturated heterocycles. The summed E-state index contributed by atoms with van der Waals surface area (Å²) in [5, 5.41) is 10.7. The molecule has 4 rings (SSSR count). The van der Waals surface area contributed by atoms with E-state index in [1.54, 1.807) is 57.6 Å². The van der Waals surface area contributed by atoms with E-state index in [0.29, 0.717) is 17.2 Å². The molecule has 0 heterocycles. The second kappa shape index (κ2) is 16.0. The van der Waals surface area contributed by atoms with E-state index in [2.05, 4.69) is 0 Å². The van der Waals surface area contributed by atoms with Gasteiger partial charge in [0.15, 0.2) is 5.54 Å². The number of methoxy groups -OCH3 is 2. The number of carboxylic acids is 1. The highest BCUT2D eigenvalue weighted by molar-refractivity contribution is 7.89. The summed E-state index contributed by atoms with van der Waals surface area (Å²) in [6, 6.07) is 33.1. The second-order valence-corrected chi connectivity index (χ2v) is 12.9. The monoisotopic (exact) mass is 640 g/mol. The van der Waals surface area contributed by atoms with Crippen LogP contribution in [-0.2, 0) is 27.9 Å². The third kappa shape index (κ3) is 8.93. The average Bonchev–Trinajstić information content (AvgIpc) is 3.09. The topological polar surface area (TPSA) is 106 Å². The molecule has 1 atom stereocenters. The highest BCUT2D eigenvalue weighted by atomic mass is 32.2. The Morgan fingerprint density at radius 1 is 0.783 bits per heavy atom. The van der Waals surface area contributed by atoms with Crippen molar-refractivity contribution in [3.63, 3.8) is 0 Å². The summed E-state index contributed by atoms with van der Waals surface area (Å²) in [6.07, 6.45) is 3.27. The van der Waals surface area contributed by atoms with E-state index in [1.165, 1.54) is 4.31 Å². The van der Waals surface area contributed by atoms with E-state index in [0.717, 1.165) is 22.3 Å². The number of nitrogens with zero attached hydrogens (tertiary/aromatic N) is 2. The number of hydrogen-bond donors (Lipinski definition) is 1. The number of aliphatic carboxylic acids is 1. The Morgan fingerprint density at radius 3 is 1.63 bits per heavy atom. The predicted molar refractivity (Wildman–Crippen MR) is 182 cm³/mol. The lowest BCUT2D eigenvalue weighted by atomic mass is 9.90. The zero-order valence-electron chi connectivity index (χ0n) is 26.4. The number of carboxylic acid groups (broad SMARTS) is 1. The van der Waals surface area contributed by atoms with Crippen molar-refractivity contribution in [2.75, 3.05) is 20.0 Å². The molecule has 1 N–H and O–H groups in total. The molecule has 4 aromatic rings. The number of benzene rings is 4. The molecule has 4 aromatic carbocycles. The van der Waals surface area contributed by atoms with Crippen LogP contribution in [0, 0.1) is 0 Å². The van der Waals surface area contributed by atoms with Crippen LogP contribution in [-0.4, -0.2) is 55.0 Å². The summed E-state index contributed by atoms with van der Waals surface area (Å²) in [7, 11) is -0.851. The van der Waals surface area contributed by atoms with Gasteiger partial charge in [0, 0.05) is 30.6 Å². The van der Waals surface area contributed by atoms with Gasteiger partial charge in [-0.15, -0.1) is 0 Å². The number of carbonyl (C=O) groups is 1. The van der Waals surface area contributed by atoms with Crippen LogP contribution >= 0.6 is 0 Å². The van der Waals surface area contributed by atoms with E-state index < -0.39 is 27.3 Å². The van der Waals surface area contributed by atoms with Gasteiger partial charge in [-0.3, -0.25) is 4.99 Å². The molecule has 0 aromatic heterocycles. The van der Waals surface area contributed by atoms with Gasteiger partial charge in [0.1, 0.15) is 11.5 Å². The van der Waals surface area contributed by atoms with E-state index in [4.69, 9.17) is 14.5 Å². The van der Waals surface area contributed by atoms with Gasteiger partial charge in [0.2, 0.25) is 10.0 Å². The van der Waals surface area contributed by atoms with Crippen molar-refractivity contribution >= 4 is 21.7 Å². The molecular weight excluding hydrogens is 600 g/mol. The number of allylic oxidation sites excluding steroid dienone is 1. The van der Waals surface area contributed by atoms with Gasteiger partial charge in [-0.1, -0.05) is 97.1 Å². The predicted octanol–water partition coefficient (Wildman–Crippen LogP) is 6.75. The largest absolute Gasteiger partial charge is 0.497 e. The first-order chi connectivity index (χ1) is 22.2. The maximum Gasteiger partial charge on any atom is 0.331 e. The van der Waals surface area contributed by atoms with Crippen LogP contribution in [0.3, 0.4) is 0 Å². The molecule has 0 amide bonds. The molecule has 46 heavy (non-hydrogen) atoms. The lowest BCUT2D eigenvalue weighted by Gasteiger charge is -2.28. The van der Waals surface area contributed by atoms with E-state index in [-0.39, 0.29) is 25.9 Å². The first kappa shape index (κ1) is 34.1. The lowest BCUT2D eigenvalue weighted by molar-refractivity contribution is -0.143. The minimum Gasteiger partial charge on any atom is -0.497 e. The molecule has 0 aliphatic carbocycles. The van der Waals surface area contributed by atoms with Crippen molar-refractivity contribution in [1.29, 1.82) is 0 Å². The fourth-order valence-corrected chi connectivity index (χ4v) is 6.55. The summed E-state index contributed by atoms with van der Waals surface area (Å²) >= 11 is 0. The van der Waals surface area contributed by atoms with Crippen molar-refractivity contribution in [3.8, 4) is 11.5 Å². The molecule has 0 bridgehead atoms. The molecule has 0 aliphatic heterocycles.